The van der Waals surface area contributed by atoms with Crippen LogP contribution < -0.4 is 0 Å². The van der Waals surface area contributed by atoms with Crippen molar-refractivity contribution in [3.8, 4) is 11.5 Å². The van der Waals surface area contributed by atoms with Gasteiger partial charge in [0.25, 0.3) is 0 Å². The maximum atomic E-state index is 11.2. The summed E-state index contributed by atoms with van der Waals surface area (Å²) in [6.45, 7) is 2.07. The van der Waals surface area contributed by atoms with Gasteiger partial charge in [0.1, 0.15) is 5.52 Å². The molecule has 3 rings (SSSR count). The van der Waals surface area contributed by atoms with Crippen LogP contribution in [0.4, 0.5) is 0 Å². The molecule has 0 aliphatic heterocycles. The van der Waals surface area contributed by atoms with E-state index in [0.717, 1.165) is 11.9 Å². The lowest BCUT2D eigenvalue weighted by Gasteiger charge is -2.00. The summed E-state index contributed by atoms with van der Waals surface area (Å²) < 4.78 is 5.67. The van der Waals surface area contributed by atoms with E-state index in [9.17, 15) is 9.90 Å². The van der Waals surface area contributed by atoms with E-state index < -0.39 is 5.97 Å². The van der Waals surface area contributed by atoms with Crippen molar-refractivity contribution in [3.63, 3.8) is 0 Å². The van der Waals surface area contributed by atoms with E-state index in [-0.39, 0.29) is 5.56 Å². The first-order valence-electron chi connectivity index (χ1n) is 6.41. The topological polar surface area (TPSA) is 63.3 Å². The third-order valence-electron chi connectivity index (χ3n) is 3.25. The van der Waals surface area contributed by atoms with Gasteiger partial charge in [-0.2, -0.15) is 0 Å². The minimum absolute atomic E-state index is 0.190. The molecule has 0 spiro atoms. The number of hydrogen-bond donors (Lipinski definition) is 1. The number of oxazole rings is 1. The van der Waals surface area contributed by atoms with Crippen molar-refractivity contribution in [3.05, 3.63) is 53.6 Å². The van der Waals surface area contributed by atoms with Gasteiger partial charge in [-0.05, 0) is 36.2 Å². The van der Waals surface area contributed by atoms with E-state index in [1.807, 2.05) is 18.2 Å². The van der Waals surface area contributed by atoms with Gasteiger partial charge in [-0.1, -0.05) is 25.1 Å². The van der Waals surface area contributed by atoms with Crippen LogP contribution >= 0.6 is 0 Å². The Labute approximate surface area is 115 Å². The lowest BCUT2D eigenvalue weighted by atomic mass is 10.1. The van der Waals surface area contributed by atoms with Crippen molar-refractivity contribution in [1.82, 2.24) is 4.98 Å². The lowest BCUT2D eigenvalue weighted by Crippen LogP contribution is -1.98. The van der Waals surface area contributed by atoms with Crippen LogP contribution in [0.3, 0.4) is 0 Å². The fraction of sp³-hybridized carbons (Fsp3) is 0.125. The zero-order chi connectivity index (χ0) is 14.1. The molecule has 0 radical (unpaired) electrons. The summed E-state index contributed by atoms with van der Waals surface area (Å²) in [5.41, 5.74) is 3.27. The number of nitrogens with zero attached hydrogens (tertiary/aromatic N) is 1. The molecule has 1 heterocycles. The van der Waals surface area contributed by atoms with Gasteiger partial charge in [0.2, 0.25) is 5.89 Å². The molecular formula is C16H13NO3. The van der Waals surface area contributed by atoms with Crippen molar-refractivity contribution in [2.75, 3.05) is 0 Å². The lowest BCUT2D eigenvalue weighted by molar-refractivity contribution is 0.0697. The molecule has 1 N–H and O–H groups in total. The van der Waals surface area contributed by atoms with E-state index in [1.54, 1.807) is 24.3 Å². The molecule has 0 amide bonds. The van der Waals surface area contributed by atoms with Gasteiger partial charge in [-0.3, -0.25) is 0 Å². The number of hydrogen-bond acceptors (Lipinski definition) is 3. The summed E-state index contributed by atoms with van der Waals surface area (Å²) >= 11 is 0. The minimum Gasteiger partial charge on any atom is -0.478 e. The number of fused-ring (bicyclic) bond motifs is 1. The number of aryl methyl sites for hydroxylation is 1. The summed E-state index contributed by atoms with van der Waals surface area (Å²) in [7, 11) is 0. The second kappa shape index (κ2) is 4.81. The van der Waals surface area contributed by atoms with E-state index in [1.165, 1.54) is 5.56 Å². The van der Waals surface area contributed by atoms with E-state index in [0.29, 0.717) is 17.0 Å². The van der Waals surface area contributed by atoms with Gasteiger partial charge in [0, 0.05) is 0 Å². The van der Waals surface area contributed by atoms with Crippen LogP contribution in [0, 0.1) is 0 Å². The first-order valence-corrected chi connectivity index (χ1v) is 6.41. The van der Waals surface area contributed by atoms with E-state index >= 15 is 0 Å². The molecule has 4 heteroatoms. The number of carbonyl (C=O) groups is 1. The van der Waals surface area contributed by atoms with Gasteiger partial charge in [-0.25, -0.2) is 9.78 Å². The summed E-state index contributed by atoms with van der Waals surface area (Å²) in [4.78, 5) is 15.6. The Morgan fingerprint density at radius 2 is 2.05 bits per heavy atom. The van der Waals surface area contributed by atoms with Gasteiger partial charge in [0.15, 0.2) is 5.58 Å². The normalized spacial score (nSPS) is 10.8. The molecule has 0 bridgehead atoms. The summed E-state index contributed by atoms with van der Waals surface area (Å²) in [5.74, 6) is -0.650. The Morgan fingerprint density at radius 3 is 2.80 bits per heavy atom. The van der Waals surface area contributed by atoms with Crippen LogP contribution in [-0.4, -0.2) is 16.1 Å². The quantitative estimate of drug-likeness (QED) is 0.784. The maximum absolute atomic E-state index is 11.2. The van der Waals surface area contributed by atoms with Crippen LogP contribution in [0.1, 0.15) is 22.8 Å². The van der Waals surface area contributed by atoms with Crippen molar-refractivity contribution in [2.24, 2.45) is 0 Å². The van der Waals surface area contributed by atoms with Crippen molar-refractivity contribution < 1.29 is 14.3 Å². The predicted molar refractivity (Wildman–Crippen MR) is 75.8 cm³/mol. The maximum Gasteiger partial charge on any atom is 0.336 e. The van der Waals surface area contributed by atoms with Gasteiger partial charge < -0.3 is 9.52 Å². The number of aromatic nitrogens is 1. The standard InChI is InChI=1S/C16H13NO3/c1-2-10-7-8-14-13(9-10)17-15(20-14)11-5-3-4-6-12(11)16(18)19/h3-9H,2H2,1H3,(H,18,19). The van der Waals surface area contributed by atoms with Crippen LogP contribution in [-0.2, 0) is 6.42 Å². The third kappa shape index (κ3) is 2.05. The van der Waals surface area contributed by atoms with Crippen LogP contribution in [0.2, 0.25) is 0 Å². The number of benzene rings is 2. The van der Waals surface area contributed by atoms with Crippen LogP contribution in [0.5, 0.6) is 0 Å². The third-order valence-corrected chi connectivity index (χ3v) is 3.25. The second-order valence-electron chi connectivity index (χ2n) is 4.53. The van der Waals surface area contributed by atoms with Crippen molar-refractivity contribution >= 4 is 17.1 Å². The highest BCUT2D eigenvalue weighted by molar-refractivity contribution is 5.95. The van der Waals surface area contributed by atoms with Crippen molar-refractivity contribution in [2.45, 2.75) is 13.3 Å². The highest BCUT2D eigenvalue weighted by Crippen LogP contribution is 2.27. The first kappa shape index (κ1) is 12.4. The largest absolute Gasteiger partial charge is 0.478 e. The fourth-order valence-corrected chi connectivity index (χ4v) is 2.16. The monoisotopic (exact) mass is 267 g/mol. The molecule has 2 aromatic carbocycles. The van der Waals surface area contributed by atoms with Crippen molar-refractivity contribution in [1.29, 1.82) is 0 Å². The predicted octanol–water partition coefficient (Wildman–Crippen LogP) is 3.76. The molecule has 0 atom stereocenters. The average molecular weight is 267 g/mol. The molecule has 20 heavy (non-hydrogen) atoms. The van der Waals surface area contributed by atoms with Crippen LogP contribution in [0.15, 0.2) is 46.9 Å². The molecule has 100 valence electrons. The molecule has 0 aliphatic carbocycles. The van der Waals surface area contributed by atoms with Crippen LogP contribution in [0.25, 0.3) is 22.6 Å². The van der Waals surface area contributed by atoms with E-state index in [2.05, 4.69) is 11.9 Å². The number of carboxylic acids is 1. The highest BCUT2D eigenvalue weighted by atomic mass is 16.4. The fourth-order valence-electron chi connectivity index (χ4n) is 2.16. The average Bonchev–Trinajstić information content (AvgIpc) is 2.89. The molecule has 1 aromatic heterocycles. The Morgan fingerprint density at radius 1 is 1.25 bits per heavy atom. The number of aromatic carboxylic acids is 1. The smallest absolute Gasteiger partial charge is 0.336 e. The Bertz CT molecular complexity index is 789. The first-order chi connectivity index (χ1) is 9.69. The van der Waals surface area contributed by atoms with Gasteiger partial charge in [0.05, 0.1) is 11.1 Å². The second-order valence-corrected chi connectivity index (χ2v) is 4.53. The van der Waals surface area contributed by atoms with Gasteiger partial charge >= 0.3 is 5.97 Å². The Hall–Kier alpha value is -2.62. The molecule has 3 aromatic rings. The molecule has 0 fully saturated rings. The SMILES string of the molecule is CCc1ccc2oc(-c3ccccc3C(=O)O)nc2c1. The number of rotatable bonds is 3. The highest BCUT2D eigenvalue weighted by Gasteiger charge is 2.16. The summed E-state index contributed by atoms with van der Waals surface area (Å²) in [6, 6.07) is 12.5. The zero-order valence-electron chi connectivity index (χ0n) is 11.0. The minimum atomic E-state index is -0.989. The summed E-state index contributed by atoms with van der Waals surface area (Å²) in [6.07, 6.45) is 0.920. The molecule has 0 unspecified atom stereocenters. The summed E-state index contributed by atoms with van der Waals surface area (Å²) in [5, 5.41) is 9.21. The molecule has 4 nitrogen and oxygen atoms in total. The Kier molecular flexibility index (Phi) is 2.99. The molecular weight excluding hydrogens is 254 g/mol. The molecule has 0 saturated heterocycles. The van der Waals surface area contributed by atoms with E-state index in [4.69, 9.17) is 4.42 Å². The molecule has 0 saturated carbocycles. The number of carboxylic acid groups (broad SMARTS) is 1. The zero-order valence-corrected chi connectivity index (χ0v) is 11.0. The van der Waals surface area contributed by atoms with Gasteiger partial charge in [-0.15, -0.1) is 0 Å². The Balaban J connectivity index is 2.18. The molecule has 0 aliphatic rings.